The van der Waals surface area contributed by atoms with E-state index in [1.165, 1.54) is 16.9 Å². The number of carbonyl (C=O) groups is 2. The zero-order valence-electron chi connectivity index (χ0n) is 17.5. The van der Waals surface area contributed by atoms with Crippen LogP contribution in [0.25, 0.3) is 5.82 Å². The van der Waals surface area contributed by atoms with E-state index in [2.05, 4.69) is 10.1 Å². The molecular weight excluding hydrogens is 415 g/mol. The molecule has 0 unspecified atom stereocenters. The van der Waals surface area contributed by atoms with Gasteiger partial charge in [-0.2, -0.15) is 18.3 Å². The van der Waals surface area contributed by atoms with Crippen LogP contribution in [0.4, 0.5) is 18.0 Å². The summed E-state index contributed by atoms with van der Waals surface area (Å²) in [5.41, 5.74) is -0.0595. The molecule has 0 aromatic carbocycles. The van der Waals surface area contributed by atoms with Gasteiger partial charge in [0.15, 0.2) is 5.82 Å². The fraction of sp³-hybridized carbons (Fsp3) is 0.500. The maximum absolute atomic E-state index is 12.9. The monoisotopic (exact) mass is 439 g/mol. The second-order valence-electron chi connectivity index (χ2n) is 7.71. The molecule has 0 saturated carbocycles. The minimum atomic E-state index is -4.48. The Morgan fingerprint density at radius 2 is 1.74 bits per heavy atom. The molecule has 0 atom stereocenters. The van der Waals surface area contributed by atoms with Gasteiger partial charge < -0.3 is 14.5 Å². The molecule has 2 amide bonds. The first-order valence-corrected chi connectivity index (χ1v) is 9.87. The van der Waals surface area contributed by atoms with E-state index in [1.54, 1.807) is 16.7 Å². The molecule has 11 heteroatoms. The Morgan fingerprint density at radius 1 is 1.10 bits per heavy atom. The average Bonchev–Trinajstić information content (AvgIpc) is 3.12. The topological polar surface area (TPSA) is 80.6 Å². The van der Waals surface area contributed by atoms with Crippen molar-refractivity contribution in [1.82, 2.24) is 24.6 Å². The molecule has 168 valence electrons. The van der Waals surface area contributed by atoms with E-state index >= 15 is 0 Å². The highest BCUT2D eigenvalue weighted by Crippen LogP contribution is 2.29. The summed E-state index contributed by atoms with van der Waals surface area (Å²) in [4.78, 5) is 32.0. The van der Waals surface area contributed by atoms with Crippen molar-refractivity contribution in [2.45, 2.75) is 26.9 Å². The van der Waals surface area contributed by atoms with Gasteiger partial charge in [0.25, 0.3) is 5.91 Å². The molecule has 1 fully saturated rings. The molecule has 1 saturated heterocycles. The lowest BCUT2D eigenvalue weighted by Gasteiger charge is -2.34. The van der Waals surface area contributed by atoms with E-state index in [1.807, 2.05) is 13.8 Å². The number of ether oxygens (including phenoxy) is 1. The van der Waals surface area contributed by atoms with Crippen LogP contribution in [0.2, 0.25) is 0 Å². The Balaban J connectivity index is 1.65. The van der Waals surface area contributed by atoms with E-state index in [0.717, 1.165) is 12.3 Å². The van der Waals surface area contributed by atoms with Crippen LogP contribution in [0.3, 0.4) is 0 Å². The molecule has 1 aliphatic heterocycles. The molecule has 8 nitrogen and oxygen atoms in total. The first-order valence-electron chi connectivity index (χ1n) is 9.87. The molecule has 2 aromatic heterocycles. The van der Waals surface area contributed by atoms with Crippen LogP contribution in [0, 0.1) is 12.8 Å². The lowest BCUT2D eigenvalue weighted by Crippen LogP contribution is -2.50. The fourth-order valence-electron chi connectivity index (χ4n) is 3.12. The highest BCUT2D eigenvalue weighted by atomic mass is 19.4. The van der Waals surface area contributed by atoms with Gasteiger partial charge in [0.2, 0.25) is 0 Å². The minimum Gasteiger partial charge on any atom is -0.449 e. The number of aromatic nitrogens is 3. The molecule has 0 N–H and O–H groups in total. The van der Waals surface area contributed by atoms with Crippen molar-refractivity contribution in [3.05, 3.63) is 41.3 Å². The van der Waals surface area contributed by atoms with Gasteiger partial charge in [-0.15, -0.1) is 0 Å². The Hall–Kier alpha value is -3.11. The van der Waals surface area contributed by atoms with Crippen molar-refractivity contribution in [2.24, 2.45) is 5.92 Å². The third-order valence-electron chi connectivity index (χ3n) is 4.90. The van der Waals surface area contributed by atoms with Gasteiger partial charge in [0.1, 0.15) is 0 Å². The Kier molecular flexibility index (Phi) is 6.51. The highest BCUT2D eigenvalue weighted by Gasteiger charge is 2.31. The van der Waals surface area contributed by atoms with Crippen molar-refractivity contribution in [3.63, 3.8) is 0 Å². The largest absolute Gasteiger partial charge is 0.449 e. The summed E-state index contributed by atoms with van der Waals surface area (Å²) in [6.07, 6.45) is -2.76. The number of piperazine rings is 1. The van der Waals surface area contributed by atoms with E-state index < -0.39 is 17.8 Å². The number of hydrogen-bond donors (Lipinski definition) is 0. The maximum Gasteiger partial charge on any atom is 0.417 e. The predicted octanol–water partition coefficient (Wildman–Crippen LogP) is 3.14. The molecular formula is C20H24F3N5O3. The smallest absolute Gasteiger partial charge is 0.417 e. The minimum absolute atomic E-state index is 0.183. The Bertz CT molecular complexity index is 933. The van der Waals surface area contributed by atoms with Crippen LogP contribution in [0.1, 0.15) is 35.5 Å². The van der Waals surface area contributed by atoms with E-state index in [0.29, 0.717) is 44.0 Å². The van der Waals surface area contributed by atoms with Crippen LogP contribution < -0.4 is 0 Å². The number of hydrogen-bond acceptors (Lipinski definition) is 5. The summed E-state index contributed by atoms with van der Waals surface area (Å²) in [6, 6.07) is 2.13. The van der Waals surface area contributed by atoms with Crippen molar-refractivity contribution in [3.8, 4) is 5.82 Å². The number of rotatable bonds is 4. The van der Waals surface area contributed by atoms with E-state index in [4.69, 9.17) is 4.74 Å². The van der Waals surface area contributed by atoms with Crippen molar-refractivity contribution >= 4 is 12.0 Å². The van der Waals surface area contributed by atoms with Gasteiger partial charge in [-0.05, 0) is 25.0 Å². The second kappa shape index (κ2) is 8.94. The van der Waals surface area contributed by atoms with E-state index in [9.17, 15) is 22.8 Å². The summed E-state index contributed by atoms with van der Waals surface area (Å²) in [5, 5.41) is 4.12. The van der Waals surface area contributed by atoms with Crippen LogP contribution in [-0.4, -0.2) is 69.4 Å². The number of nitrogens with zero attached hydrogens (tertiary/aromatic N) is 5. The zero-order valence-corrected chi connectivity index (χ0v) is 17.5. The number of pyridine rings is 1. The standard InChI is InChI=1S/C20H24F3N5O3/c1-13(2)12-31-19(30)27-8-6-26(7-9-27)18(29)16-11-25-28(14(16)3)17-5-4-15(10-24-17)20(21,22)23/h4-5,10-11,13H,6-9,12H2,1-3H3. The lowest BCUT2D eigenvalue weighted by atomic mass is 10.2. The molecule has 0 aliphatic carbocycles. The summed E-state index contributed by atoms with van der Waals surface area (Å²) in [5.74, 6) is 0.165. The van der Waals surface area contributed by atoms with Crippen molar-refractivity contribution in [1.29, 1.82) is 0 Å². The summed E-state index contributed by atoms with van der Waals surface area (Å²) >= 11 is 0. The van der Waals surface area contributed by atoms with Crippen LogP contribution in [0.15, 0.2) is 24.5 Å². The normalized spacial score (nSPS) is 14.8. The van der Waals surface area contributed by atoms with Crippen molar-refractivity contribution < 1.29 is 27.5 Å². The Labute approximate surface area is 177 Å². The third kappa shape index (κ3) is 5.15. The van der Waals surface area contributed by atoms with Crippen LogP contribution in [-0.2, 0) is 10.9 Å². The number of alkyl halides is 3. The molecule has 31 heavy (non-hydrogen) atoms. The van der Waals surface area contributed by atoms with Gasteiger partial charge in [0, 0.05) is 32.4 Å². The SMILES string of the molecule is Cc1c(C(=O)N2CCN(C(=O)OCC(C)C)CC2)cnn1-c1ccc(C(F)(F)F)cn1. The quantitative estimate of drug-likeness (QED) is 0.731. The third-order valence-corrected chi connectivity index (χ3v) is 4.90. The number of carbonyl (C=O) groups excluding carboxylic acids is 2. The summed E-state index contributed by atoms with van der Waals surface area (Å²) in [6.45, 7) is 7.30. The van der Waals surface area contributed by atoms with Crippen molar-refractivity contribution in [2.75, 3.05) is 32.8 Å². The highest BCUT2D eigenvalue weighted by molar-refractivity contribution is 5.95. The van der Waals surface area contributed by atoms with Gasteiger partial charge >= 0.3 is 12.3 Å². The molecule has 0 spiro atoms. The van der Waals surface area contributed by atoms with Crippen LogP contribution in [0.5, 0.6) is 0 Å². The molecule has 2 aromatic rings. The number of halogens is 3. The molecule has 0 bridgehead atoms. The van der Waals surface area contributed by atoms with Crippen LogP contribution >= 0.6 is 0 Å². The molecule has 0 radical (unpaired) electrons. The first-order chi connectivity index (χ1) is 14.6. The zero-order chi connectivity index (χ0) is 22.8. The van der Waals surface area contributed by atoms with Gasteiger partial charge in [0.05, 0.1) is 29.6 Å². The predicted molar refractivity (Wildman–Crippen MR) is 105 cm³/mol. The molecule has 1 aliphatic rings. The maximum atomic E-state index is 12.9. The van der Waals surface area contributed by atoms with Gasteiger partial charge in [-0.1, -0.05) is 13.8 Å². The molecule has 3 rings (SSSR count). The number of amides is 2. The summed E-state index contributed by atoms with van der Waals surface area (Å²) < 4.78 is 44.7. The lowest BCUT2D eigenvalue weighted by molar-refractivity contribution is -0.137. The first kappa shape index (κ1) is 22.6. The second-order valence-corrected chi connectivity index (χ2v) is 7.71. The fourth-order valence-corrected chi connectivity index (χ4v) is 3.12. The Morgan fingerprint density at radius 3 is 2.29 bits per heavy atom. The van der Waals surface area contributed by atoms with Gasteiger partial charge in [-0.3, -0.25) is 4.79 Å². The average molecular weight is 439 g/mol. The molecule has 3 heterocycles. The van der Waals surface area contributed by atoms with Gasteiger partial charge in [-0.25, -0.2) is 14.5 Å². The van der Waals surface area contributed by atoms with E-state index in [-0.39, 0.29) is 17.6 Å². The summed E-state index contributed by atoms with van der Waals surface area (Å²) in [7, 11) is 0.